The van der Waals surface area contributed by atoms with Crippen LogP contribution in [0.4, 0.5) is 5.69 Å². The number of H-pyrrole nitrogens is 1. The van der Waals surface area contributed by atoms with Crippen molar-refractivity contribution >= 4 is 67.2 Å². The van der Waals surface area contributed by atoms with E-state index in [4.69, 9.17) is 11.6 Å². The quantitative estimate of drug-likeness (QED) is 0.618. The molecule has 2 aromatic heterocycles. The molecule has 6 nitrogen and oxygen atoms in total. The molecule has 1 saturated heterocycles. The number of fused-ring (bicyclic) bond motifs is 1. The minimum Gasteiger partial charge on any atom is -0.351 e. The molecule has 1 fully saturated rings. The molecule has 0 atom stereocenters. The lowest BCUT2D eigenvalue weighted by Gasteiger charge is -2.24. The van der Waals surface area contributed by atoms with Crippen LogP contribution >= 0.6 is 34.7 Å². The third-order valence-corrected chi connectivity index (χ3v) is 9.11. The summed E-state index contributed by atoms with van der Waals surface area (Å²) in [5, 5.41) is 4.25. The predicted octanol–water partition coefficient (Wildman–Crippen LogP) is 4.18. The Labute approximate surface area is 176 Å². The lowest BCUT2D eigenvalue weighted by molar-refractivity contribution is 0.102. The number of nitrogens with zero attached hydrogens (tertiary/aromatic N) is 1. The first-order valence-electron chi connectivity index (χ1n) is 8.62. The molecular formula is C18H18ClN3O3S3. The van der Waals surface area contributed by atoms with Gasteiger partial charge in [0.15, 0.2) is 0 Å². The van der Waals surface area contributed by atoms with E-state index in [0.717, 1.165) is 27.3 Å². The highest BCUT2D eigenvalue weighted by molar-refractivity contribution is 7.99. The van der Waals surface area contributed by atoms with Crippen molar-refractivity contribution in [3.05, 3.63) is 45.9 Å². The summed E-state index contributed by atoms with van der Waals surface area (Å²) in [5.74, 6) is 1.28. The molecule has 2 N–H and O–H groups in total. The highest BCUT2D eigenvalue weighted by atomic mass is 35.5. The molecule has 148 valence electrons. The van der Waals surface area contributed by atoms with Crippen LogP contribution in [0.15, 0.2) is 34.5 Å². The second-order valence-electron chi connectivity index (χ2n) is 6.42. The summed E-state index contributed by atoms with van der Waals surface area (Å²) in [5.41, 5.74) is 1.71. The average molecular weight is 456 g/mol. The number of benzene rings is 1. The Hall–Kier alpha value is -1.52. The fraction of sp³-hybridized carbons (Fsp3) is 0.278. The fourth-order valence-electron chi connectivity index (χ4n) is 3.04. The number of hydrogen-bond acceptors (Lipinski definition) is 5. The van der Waals surface area contributed by atoms with E-state index in [9.17, 15) is 13.2 Å². The third-order valence-electron chi connectivity index (χ3n) is 4.53. The van der Waals surface area contributed by atoms with Crippen molar-refractivity contribution in [2.24, 2.45) is 0 Å². The Balaban J connectivity index is 1.57. The van der Waals surface area contributed by atoms with Crippen molar-refractivity contribution in [2.45, 2.75) is 11.1 Å². The van der Waals surface area contributed by atoms with Gasteiger partial charge in [-0.1, -0.05) is 11.6 Å². The molecule has 0 spiro atoms. The zero-order chi connectivity index (χ0) is 19.9. The van der Waals surface area contributed by atoms with Crippen molar-refractivity contribution in [1.82, 2.24) is 9.29 Å². The molecule has 3 heterocycles. The molecule has 0 saturated carbocycles. The van der Waals surface area contributed by atoms with Crippen LogP contribution < -0.4 is 5.32 Å². The monoisotopic (exact) mass is 455 g/mol. The summed E-state index contributed by atoms with van der Waals surface area (Å²) in [6.07, 6.45) is 0. The highest BCUT2D eigenvalue weighted by Crippen LogP contribution is 2.33. The Bertz CT molecular complexity index is 1150. The normalized spacial score (nSPS) is 15.8. The lowest BCUT2D eigenvalue weighted by Crippen LogP contribution is -2.37. The molecule has 10 heteroatoms. The van der Waals surface area contributed by atoms with Gasteiger partial charge in [0.1, 0.15) is 9.90 Å². The number of nitrogens with one attached hydrogen (secondary N) is 2. The van der Waals surface area contributed by atoms with E-state index in [1.54, 1.807) is 43.0 Å². The molecule has 4 rings (SSSR count). The maximum atomic E-state index is 12.9. The van der Waals surface area contributed by atoms with Gasteiger partial charge in [-0.25, -0.2) is 8.42 Å². The number of aromatic amines is 1. The first-order valence-corrected chi connectivity index (χ1v) is 12.4. The lowest BCUT2D eigenvalue weighted by atomic mass is 10.2. The average Bonchev–Trinajstić information content (AvgIpc) is 3.26. The van der Waals surface area contributed by atoms with Crippen molar-refractivity contribution < 1.29 is 13.2 Å². The number of hydrogen-bond donors (Lipinski definition) is 2. The molecular weight excluding hydrogens is 438 g/mol. The second-order valence-corrected chi connectivity index (χ2v) is 11.5. The Kier molecular flexibility index (Phi) is 5.45. The molecule has 0 unspecified atom stereocenters. The van der Waals surface area contributed by atoms with Crippen LogP contribution in [-0.2, 0) is 10.0 Å². The van der Waals surface area contributed by atoms with Crippen molar-refractivity contribution in [3.63, 3.8) is 0 Å². The van der Waals surface area contributed by atoms with Gasteiger partial charge in [-0.3, -0.25) is 4.79 Å². The topological polar surface area (TPSA) is 82.3 Å². The second kappa shape index (κ2) is 7.72. The summed E-state index contributed by atoms with van der Waals surface area (Å²) in [4.78, 5) is 16.5. The number of aryl methyl sites for hydroxylation is 1. The number of aromatic nitrogens is 1. The van der Waals surface area contributed by atoms with Crippen molar-refractivity contribution in [1.29, 1.82) is 0 Å². The van der Waals surface area contributed by atoms with Crippen LogP contribution in [0.1, 0.15) is 15.4 Å². The molecule has 1 aliphatic rings. The fourth-order valence-corrected chi connectivity index (χ4v) is 7.35. The maximum Gasteiger partial charge on any atom is 0.272 e. The van der Waals surface area contributed by atoms with E-state index in [0.29, 0.717) is 29.5 Å². The number of anilines is 1. The minimum atomic E-state index is -3.52. The minimum absolute atomic E-state index is 0.260. The summed E-state index contributed by atoms with van der Waals surface area (Å²) < 4.78 is 27.5. The number of rotatable bonds is 4. The van der Waals surface area contributed by atoms with Gasteiger partial charge in [-0.05, 0) is 37.3 Å². The Morgan fingerprint density at radius 1 is 1.21 bits per heavy atom. The van der Waals surface area contributed by atoms with Crippen LogP contribution in [0.2, 0.25) is 5.02 Å². The largest absolute Gasteiger partial charge is 0.351 e. The molecule has 0 bridgehead atoms. The van der Waals surface area contributed by atoms with Gasteiger partial charge in [-0.15, -0.1) is 11.3 Å². The zero-order valence-electron chi connectivity index (χ0n) is 15.0. The van der Waals surface area contributed by atoms with Crippen molar-refractivity contribution in [3.8, 4) is 0 Å². The Morgan fingerprint density at radius 2 is 1.96 bits per heavy atom. The van der Waals surface area contributed by atoms with Crippen LogP contribution in [0.3, 0.4) is 0 Å². The molecule has 1 amide bonds. The number of thioether (sulfide) groups is 1. The van der Waals surface area contributed by atoms with E-state index in [-0.39, 0.29) is 10.1 Å². The van der Waals surface area contributed by atoms with Gasteiger partial charge in [0.2, 0.25) is 0 Å². The maximum absolute atomic E-state index is 12.9. The Morgan fingerprint density at radius 3 is 2.71 bits per heavy atom. The zero-order valence-corrected chi connectivity index (χ0v) is 18.2. The smallest absolute Gasteiger partial charge is 0.272 e. The van der Waals surface area contributed by atoms with E-state index in [1.165, 1.54) is 15.6 Å². The molecule has 1 aliphatic heterocycles. The van der Waals surface area contributed by atoms with E-state index >= 15 is 0 Å². The highest BCUT2D eigenvalue weighted by Gasteiger charge is 2.28. The standard InChI is InChI=1S/C18H18ClN3O3S3/c1-11-15(10-17(27-11)28(24,25)22-4-6-26-7-5-22)21-18(23)16-9-12-8-13(19)2-3-14(12)20-16/h2-3,8-10,20H,4-7H2,1H3,(H,21,23). The van der Waals surface area contributed by atoms with Crippen molar-refractivity contribution in [2.75, 3.05) is 29.9 Å². The molecule has 0 aliphatic carbocycles. The van der Waals surface area contributed by atoms with Gasteiger partial charge in [0.25, 0.3) is 15.9 Å². The van der Waals surface area contributed by atoms with Crippen LogP contribution in [0.5, 0.6) is 0 Å². The summed E-state index contributed by atoms with van der Waals surface area (Å²) in [6.45, 7) is 2.84. The van der Waals surface area contributed by atoms with Crippen LogP contribution in [-0.4, -0.2) is 48.2 Å². The number of carbonyl (C=O) groups excluding carboxylic acids is 1. The summed E-state index contributed by atoms with van der Waals surface area (Å²) >= 11 is 8.93. The van der Waals surface area contributed by atoms with Gasteiger partial charge < -0.3 is 10.3 Å². The molecule has 3 aromatic rings. The van der Waals surface area contributed by atoms with Gasteiger partial charge in [0, 0.05) is 45.4 Å². The summed E-state index contributed by atoms with van der Waals surface area (Å²) in [7, 11) is -3.52. The first-order chi connectivity index (χ1) is 13.3. The number of sulfonamides is 1. The number of carbonyl (C=O) groups is 1. The molecule has 1 aromatic carbocycles. The van der Waals surface area contributed by atoms with E-state index in [2.05, 4.69) is 10.3 Å². The van der Waals surface area contributed by atoms with Gasteiger partial charge in [0.05, 0.1) is 5.69 Å². The van der Waals surface area contributed by atoms with Gasteiger partial charge >= 0.3 is 0 Å². The van der Waals surface area contributed by atoms with E-state index in [1.807, 2.05) is 6.07 Å². The molecule has 0 radical (unpaired) electrons. The van der Waals surface area contributed by atoms with Crippen LogP contribution in [0, 0.1) is 6.92 Å². The molecule has 28 heavy (non-hydrogen) atoms. The van der Waals surface area contributed by atoms with E-state index < -0.39 is 10.0 Å². The number of amides is 1. The number of thiophene rings is 1. The third kappa shape index (κ3) is 3.81. The van der Waals surface area contributed by atoms with Gasteiger partial charge in [-0.2, -0.15) is 16.1 Å². The predicted molar refractivity (Wildman–Crippen MR) is 116 cm³/mol. The SMILES string of the molecule is Cc1sc(S(=O)(=O)N2CCSCC2)cc1NC(=O)c1cc2cc(Cl)ccc2[nH]1. The summed E-state index contributed by atoms with van der Waals surface area (Å²) in [6, 6.07) is 8.62. The number of halogens is 1. The van der Waals surface area contributed by atoms with Crippen LogP contribution in [0.25, 0.3) is 10.9 Å². The first kappa shape index (κ1) is 19.8.